The van der Waals surface area contributed by atoms with Crippen LogP contribution in [0.5, 0.6) is 5.75 Å². The number of halogens is 1. The maximum atomic E-state index is 15.1. The van der Waals surface area contributed by atoms with E-state index in [9.17, 15) is 0 Å². The highest BCUT2D eigenvalue weighted by atomic mass is 19.1. The van der Waals surface area contributed by atoms with Gasteiger partial charge in [0.1, 0.15) is 29.2 Å². The van der Waals surface area contributed by atoms with Crippen molar-refractivity contribution < 1.29 is 9.13 Å². The molecule has 8 nitrogen and oxygen atoms in total. The van der Waals surface area contributed by atoms with Crippen LogP contribution >= 0.6 is 0 Å². The van der Waals surface area contributed by atoms with Gasteiger partial charge in [0.05, 0.1) is 11.4 Å². The molecule has 2 fully saturated rings. The lowest BCUT2D eigenvalue weighted by molar-refractivity contribution is 0.107. The normalized spacial score (nSPS) is 18.2. The van der Waals surface area contributed by atoms with Crippen LogP contribution in [0.15, 0.2) is 30.6 Å². The third kappa shape index (κ3) is 7.86. The molecule has 1 saturated carbocycles. The standard InChI is InChI=1S/C27H40FN7O.C2H6/c1-4-27(28,9-11-31-3)10-12-34-13-15-35(16-14-34)24-18-23(32-19-33-24)25(30)21-17-20(5-6-22(21)29)36-26(2)7-8-26;1-2/h5-6,17-19,30-31H,4,7-16,29H2,1-3H3;1-2H3. The highest BCUT2D eigenvalue weighted by molar-refractivity contribution is 6.13. The van der Waals surface area contributed by atoms with Crippen molar-refractivity contribution in [3.8, 4) is 5.75 Å². The Hall–Kier alpha value is -2.78. The van der Waals surface area contributed by atoms with E-state index in [1.807, 2.05) is 46.0 Å². The monoisotopic (exact) mass is 527 g/mol. The van der Waals surface area contributed by atoms with Gasteiger partial charge in [-0.1, -0.05) is 20.8 Å². The Labute approximate surface area is 227 Å². The number of nitrogens with one attached hydrogen (secondary N) is 2. The Bertz CT molecular complexity index is 1050. The molecule has 1 aliphatic carbocycles. The van der Waals surface area contributed by atoms with Crippen LogP contribution in [0.25, 0.3) is 0 Å². The van der Waals surface area contributed by atoms with Crippen molar-refractivity contribution in [1.29, 1.82) is 5.41 Å². The number of hydrogen-bond acceptors (Lipinski definition) is 8. The maximum absolute atomic E-state index is 15.1. The van der Waals surface area contributed by atoms with Gasteiger partial charge in [0, 0.05) is 50.0 Å². The van der Waals surface area contributed by atoms with E-state index in [1.54, 1.807) is 6.07 Å². The Morgan fingerprint density at radius 3 is 2.50 bits per heavy atom. The van der Waals surface area contributed by atoms with Gasteiger partial charge in [-0.2, -0.15) is 0 Å². The van der Waals surface area contributed by atoms with Crippen molar-refractivity contribution in [3.63, 3.8) is 0 Å². The van der Waals surface area contributed by atoms with Crippen LogP contribution in [-0.4, -0.2) is 78.2 Å². The van der Waals surface area contributed by atoms with Gasteiger partial charge in [-0.15, -0.1) is 0 Å². The number of nitrogens with two attached hydrogens (primary N) is 1. The molecule has 38 heavy (non-hydrogen) atoms. The molecule has 0 radical (unpaired) electrons. The number of piperazine rings is 1. The number of anilines is 2. The van der Waals surface area contributed by atoms with Gasteiger partial charge in [0.25, 0.3) is 0 Å². The van der Waals surface area contributed by atoms with Gasteiger partial charge in [-0.3, -0.25) is 10.3 Å². The van der Waals surface area contributed by atoms with Gasteiger partial charge in [0.2, 0.25) is 0 Å². The second-order valence-corrected chi connectivity index (χ2v) is 10.4. The second-order valence-electron chi connectivity index (χ2n) is 10.4. The van der Waals surface area contributed by atoms with Gasteiger partial charge in [-0.25, -0.2) is 14.4 Å². The molecule has 9 heteroatoms. The molecule has 0 spiro atoms. The van der Waals surface area contributed by atoms with Crippen LogP contribution in [-0.2, 0) is 0 Å². The maximum Gasteiger partial charge on any atom is 0.132 e. The first-order valence-electron chi connectivity index (χ1n) is 14.0. The second kappa shape index (κ2) is 13.3. The highest BCUT2D eigenvalue weighted by Crippen LogP contribution is 2.40. The predicted molar refractivity (Wildman–Crippen MR) is 154 cm³/mol. The number of nitrogen functional groups attached to an aromatic ring is 1. The van der Waals surface area contributed by atoms with Gasteiger partial charge < -0.3 is 20.7 Å². The largest absolute Gasteiger partial charge is 0.488 e. The summed E-state index contributed by atoms with van der Waals surface area (Å²) in [6, 6.07) is 7.33. The lowest BCUT2D eigenvalue weighted by Gasteiger charge is -2.36. The summed E-state index contributed by atoms with van der Waals surface area (Å²) in [5, 5.41) is 11.8. The quantitative estimate of drug-likeness (QED) is 0.272. The number of rotatable bonds is 12. The molecule has 2 aliphatic rings. The number of aromatic nitrogens is 2. The fourth-order valence-electron chi connectivity index (χ4n) is 4.56. The van der Waals surface area contributed by atoms with E-state index in [2.05, 4.69) is 32.0 Å². The van der Waals surface area contributed by atoms with E-state index in [-0.39, 0.29) is 11.3 Å². The summed E-state index contributed by atoms with van der Waals surface area (Å²) >= 11 is 0. The van der Waals surface area contributed by atoms with Crippen molar-refractivity contribution in [2.75, 3.05) is 56.9 Å². The van der Waals surface area contributed by atoms with Crippen LogP contribution in [0.3, 0.4) is 0 Å². The fraction of sp³-hybridized carbons (Fsp3) is 0.621. The molecule has 1 aromatic heterocycles. The van der Waals surface area contributed by atoms with Crippen LogP contribution in [0.2, 0.25) is 0 Å². The average molecular weight is 528 g/mol. The zero-order valence-corrected chi connectivity index (χ0v) is 23.8. The van der Waals surface area contributed by atoms with Crippen LogP contribution in [0.1, 0.15) is 71.1 Å². The van der Waals surface area contributed by atoms with Crippen molar-refractivity contribution in [1.82, 2.24) is 20.2 Å². The van der Waals surface area contributed by atoms with Crippen molar-refractivity contribution >= 4 is 17.2 Å². The Kier molecular flexibility index (Phi) is 10.4. The summed E-state index contributed by atoms with van der Waals surface area (Å²) in [5.41, 5.74) is 6.91. The summed E-state index contributed by atoms with van der Waals surface area (Å²) in [5.74, 6) is 1.52. The summed E-state index contributed by atoms with van der Waals surface area (Å²) in [4.78, 5) is 13.4. The Morgan fingerprint density at radius 1 is 1.16 bits per heavy atom. The topological polar surface area (TPSA) is 103 Å². The zero-order chi connectivity index (χ0) is 27.8. The molecule has 0 bridgehead atoms. The molecule has 210 valence electrons. The minimum Gasteiger partial charge on any atom is -0.488 e. The first kappa shape index (κ1) is 29.8. The van der Waals surface area contributed by atoms with Crippen LogP contribution in [0.4, 0.5) is 15.9 Å². The molecule has 1 saturated heterocycles. The predicted octanol–water partition coefficient (Wildman–Crippen LogP) is 4.67. The molecule has 4 rings (SSSR count). The molecule has 0 amide bonds. The molecule has 4 N–H and O–H groups in total. The molecule has 1 atom stereocenters. The van der Waals surface area contributed by atoms with Gasteiger partial charge >= 0.3 is 0 Å². The smallest absolute Gasteiger partial charge is 0.132 e. The van der Waals surface area contributed by atoms with E-state index in [1.165, 1.54) is 6.33 Å². The molecule has 1 aromatic carbocycles. The minimum atomic E-state index is -1.11. The number of alkyl halides is 1. The number of hydrogen-bond donors (Lipinski definition) is 3. The number of nitrogens with zero attached hydrogens (tertiary/aromatic N) is 4. The molecule has 1 aliphatic heterocycles. The number of ether oxygens (including phenoxy) is 1. The van der Waals surface area contributed by atoms with Crippen LogP contribution < -0.4 is 20.7 Å². The van der Waals surface area contributed by atoms with Gasteiger partial charge in [-0.05, 0) is 70.8 Å². The lowest BCUT2D eigenvalue weighted by atomic mass is 9.94. The molecule has 2 aromatic rings. The Balaban J connectivity index is 0.00000195. The summed E-state index contributed by atoms with van der Waals surface area (Å²) < 4.78 is 21.1. The molecular formula is C29H46FN7O. The molecular weight excluding hydrogens is 481 g/mol. The Morgan fingerprint density at radius 2 is 1.87 bits per heavy atom. The fourth-order valence-corrected chi connectivity index (χ4v) is 4.56. The van der Waals surface area contributed by atoms with Crippen molar-refractivity contribution in [2.45, 2.75) is 71.1 Å². The zero-order valence-electron chi connectivity index (χ0n) is 23.8. The molecule has 2 heterocycles. The SMILES string of the molecule is CC.CCC(F)(CCNC)CCN1CCN(c2cc(C(=N)c3cc(OC4(C)CC4)ccc3N)ncn2)CC1. The lowest BCUT2D eigenvalue weighted by Crippen LogP contribution is -2.48. The molecule has 1 unspecified atom stereocenters. The van der Waals surface area contributed by atoms with E-state index >= 15 is 4.39 Å². The van der Waals surface area contributed by atoms with E-state index in [0.717, 1.165) is 57.1 Å². The summed E-state index contributed by atoms with van der Waals surface area (Å²) in [7, 11) is 1.87. The van der Waals surface area contributed by atoms with Crippen LogP contribution in [0, 0.1) is 5.41 Å². The highest BCUT2D eigenvalue weighted by Gasteiger charge is 2.40. The van der Waals surface area contributed by atoms with E-state index in [4.69, 9.17) is 15.9 Å². The minimum absolute atomic E-state index is 0.102. The summed E-state index contributed by atoms with van der Waals surface area (Å²) in [6.45, 7) is 12.8. The average Bonchev–Trinajstić information content (AvgIpc) is 3.69. The summed E-state index contributed by atoms with van der Waals surface area (Å²) in [6.07, 6.45) is 5.24. The third-order valence-corrected chi connectivity index (χ3v) is 7.55. The van der Waals surface area contributed by atoms with E-state index < -0.39 is 5.67 Å². The third-order valence-electron chi connectivity index (χ3n) is 7.55. The van der Waals surface area contributed by atoms with Crippen molar-refractivity contribution in [3.05, 3.63) is 41.9 Å². The van der Waals surface area contributed by atoms with E-state index in [0.29, 0.717) is 42.8 Å². The first-order chi connectivity index (χ1) is 18.2. The van der Waals surface area contributed by atoms with Gasteiger partial charge in [0.15, 0.2) is 0 Å². The van der Waals surface area contributed by atoms with Crippen molar-refractivity contribution in [2.24, 2.45) is 0 Å². The number of benzene rings is 1. The first-order valence-corrected chi connectivity index (χ1v) is 14.0.